The highest BCUT2D eigenvalue weighted by Crippen LogP contribution is 2.05. The quantitative estimate of drug-likeness (QED) is 0.595. The second-order valence-corrected chi connectivity index (χ2v) is 5.88. The van der Waals surface area contributed by atoms with Gasteiger partial charge in [0.2, 0.25) is 0 Å². The van der Waals surface area contributed by atoms with E-state index in [1.165, 1.54) is 0 Å². The van der Waals surface area contributed by atoms with Crippen LogP contribution >= 0.6 is 0 Å². The minimum Gasteiger partial charge on any atom is -0.444 e. The Hall–Kier alpha value is -1.50. The van der Waals surface area contributed by atoms with Crippen LogP contribution in [0.4, 0.5) is 9.59 Å². The van der Waals surface area contributed by atoms with Crippen LogP contribution in [0, 0.1) is 0 Å². The van der Waals surface area contributed by atoms with Crippen LogP contribution < -0.4 is 16.0 Å². The van der Waals surface area contributed by atoms with Gasteiger partial charge in [-0.25, -0.2) is 9.59 Å². The van der Waals surface area contributed by atoms with Crippen molar-refractivity contribution in [2.24, 2.45) is 0 Å². The molecule has 0 fully saturated rings. The normalized spacial score (nSPS) is 11.1. The van der Waals surface area contributed by atoms with E-state index in [2.05, 4.69) is 16.0 Å². The average molecular weight is 303 g/mol. The van der Waals surface area contributed by atoms with Gasteiger partial charge in [-0.1, -0.05) is 0 Å². The fourth-order valence-corrected chi connectivity index (χ4v) is 1.31. The summed E-state index contributed by atoms with van der Waals surface area (Å²) < 4.78 is 10.4. The molecule has 0 heterocycles. The van der Waals surface area contributed by atoms with Crippen LogP contribution in [0.3, 0.4) is 0 Å². The third-order valence-electron chi connectivity index (χ3n) is 2.14. The van der Waals surface area contributed by atoms with Crippen molar-refractivity contribution in [2.75, 3.05) is 26.2 Å². The first-order valence-corrected chi connectivity index (χ1v) is 7.31. The maximum atomic E-state index is 11.4. The Balaban J connectivity index is 3.48. The monoisotopic (exact) mass is 303 g/mol. The molecule has 0 atom stereocenters. The van der Waals surface area contributed by atoms with Crippen molar-refractivity contribution in [1.29, 1.82) is 0 Å². The molecular weight excluding hydrogens is 274 g/mol. The van der Waals surface area contributed by atoms with Gasteiger partial charge in [0, 0.05) is 26.2 Å². The van der Waals surface area contributed by atoms with Crippen molar-refractivity contribution in [1.82, 2.24) is 16.0 Å². The Morgan fingerprint density at radius 2 is 1.57 bits per heavy atom. The molecule has 0 radical (unpaired) electrons. The highest BCUT2D eigenvalue weighted by molar-refractivity contribution is 5.73. The first kappa shape index (κ1) is 19.5. The first-order chi connectivity index (χ1) is 9.70. The second-order valence-electron chi connectivity index (χ2n) is 5.88. The van der Waals surface area contributed by atoms with Crippen molar-refractivity contribution in [3.8, 4) is 0 Å². The molecule has 0 saturated heterocycles. The lowest BCUT2D eigenvalue weighted by Crippen LogP contribution is -2.41. The van der Waals surface area contributed by atoms with E-state index in [9.17, 15) is 9.59 Å². The van der Waals surface area contributed by atoms with Gasteiger partial charge in [0.1, 0.15) is 5.60 Å². The van der Waals surface area contributed by atoms with Gasteiger partial charge in [-0.3, -0.25) is 0 Å². The molecule has 0 aromatic carbocycles. The van der Waals surface area contributed by atoms with Crippen molar-refractivity contribution >= 4 is 12.1 Å². The highest BCUT2D eigenvalue weighted by Gasteiger charge is 2.15. The lowest BCUT2D eigenvalue weighted by molar-refractivity contribution is 0.0528. The summed E-state index contributed by atoms with van der Waals surface area (Å²) in [6.07, 6.45) is 0.482. The van der Waals surface area contributed by atoms with E-state index in [0.29, 0.717) is 26.2 Å². The third kappa shape index (κ3) is 14.7. The molecule has 0 aromatic rings. The molecule has 3 N–H and O–H groups in total. The molecule has 0 rings (SSSR count). The van der Waals surface area contributed by atoms with E-state index < -0.39 is 11.7 Å². The van der Waals surface area contributed by atoms with Crippen LogP contribution in [0.2, 0.25) is 0 Å². The summed E-state index contributed by atoms with van der Waals surface area (Å²) in [6, 6.07) is -0.259. The van der Waals surface area contributed by atoms with Crippen LogP contribution in [-0.4, -0.2) is 50.1 Å². The van der Waals surface area contributed by atoms with Crippen LogP contribution in [-0.2, 0) is 9.47 Å². The van der Waals surface area contributed by atoms with Gasteiger partial charge in [0.25, 0.3) is 0 Å². The van der Waals surface area contributed by atoms with Gasteiger partial charge in [-0.05, 0) is 41.0 Å². The maximum Gasteiger partial charge on any atom is 0.407 e. The van der Waals surface area contributed by atoms with E-state index in [4.69, 9.17) is 9.47 Å². The summed E-state index contributed by atoms with van der Waals surface area (Å²) in [5.41, 5.74) is -0.521. The lowest BCUT2D eigenvalue weighted by Gasteiger charge is -2.19. The molecule has 124 valence electrons. The molecule has 0 aliphatic carbocycles. The molecule has 0 aromatic heterocycles. The largest absolute Gasteiger partial charge is 0.444 e. The van der Waals surface area contributed by atoms with E-state index >= 15 is 0 Å². The summed E-state index contributed by atoms with van der Waals surface area (Å²) in [5.74, 6) is 0. The van der Waals surface area contributed by atoms with Gasteiger partial charge in [0.15, 0.2) is 0 Å². The molecule has 0 unspecified atom stereocenters. The van der Waals surface area contributed by atoms with Crippen LogP contribution in [0.25, 0.3) is 0 Å². The highest BCUT2D eigenvalue weighted by atomic mass is 16.6. The minimum absolute atomic E-state index is 0.206. The minimum atomic E-state index is -0.521. The standard InChI is InChI=1S/C14H29N3O4/c1-11(2)20-10-6-7-15-12(18)16-8-9-17-13(19)21-14(3,4)5/h11H,6-10H2,1-5H3,(H,17,19)(H2,15,16,18). The zero-order valence-corrected chi connectivity index (χ0v) is 13.7. The third-order valence-corrected chi connectivity index (χ3v) is 2.14. The topological polar surface area (TPSA) is 88.7 Å². The fraction of sp³-hybridized carbons (Fsp3) is 0.857. The lowest BCUT2D eigenvalue weighted by atomic mass is 10.2. The number of urea groups is 1. The molecule has 7 heteroatoms. The predicted octanol–water partition coefficient (Wildman–Crippen LogP) is 1.63. The van der Waals surface area contributed by atoms with Crippen molar-refractivity contribution in [3.05, 3.63) is 0 Å². The smallest absolute Gasteiger partial charge is 0.407 e. The van der Waals surface area contributed by atoms with Crippen molar-refractivity contribution < 1.29 is 19.1 Å². The number of rotatable bonds is 8. The Kier molecular flexibility index (Phi) is 9.53. The van der Waals surface area contributed by atoms with Crippen LogP contribution in [0.1, 0.15) is 41.0 Å². The predicted molar refractivity (Wildman–Crippen MR) is 81.3 cm³/mol. The second kappa shape index (κ2) is 10.3. The number of hydrogen-bond donors (Lipinski definition) is 3. The number of hydrogen-bond acceptors (Lipinski definition) is 4. The van der Waals surface area contributed by atoms with E-state index in [-0.39, 0.29) is 12.1 Å². The molecule has 3 amide bonds. The number of amides is 3. The summed E-state index contributed by atoms with van der Waals surface area (Å²) in [4.78, 5) is 22.7. The number of alkyl carbamates (subject to hydrolysis) is 1. The molecule has 0 aliphatic rings. The number of carbonyl (C=O) groups excluding carboxylic acids is 2. The van der Waals surface area contributed by atoms with Gasteiger partial charge in [-0.2, -0.15) is 0 Å². The van der Waals surface area contributed by atoms with Gasteiger partial charge < -0.3 is 25.4 Å². The zero-order chi connectivity index (χ0) is 16.3. The van der Waals surface area contributed by atoms with Crippen molar-refractivity contribution in [3.63, 3.8) is 0 Å². The van der Waals surface area contributed by atoms with Gasteiger partial charge in [-0.15, -0.1) is 0 Å². The summed E-state index contributed by atoms with van der Waals surface area (Å²) in [5, 5.41) is 7.91. The molecule has 0 saturated carbocycles. The number of ether oxygens (including phenoxy) is 2. The SMILES string of the molecule is CC(C)OCCCNC(=O)NCCNC(=O)OC(C)(C)C. The average Bonchev–Trinajstić information content (AvgIpc) is 2.31. The Bertz CT molecular complexity index is 314. The van der Waals surface area contributed by atoms with E-state index in [1.807, 2.05) is 13.8 Å². The Morgan fingerprint density at radius 3 is 2.14 bits per heavy atom. The molecule has 0 aliphatic heterocycles. The fourth-order valence-electron chi connectivity index (χ4n) is 1.31. The molecule has 0 bridgehead atoms. The molecule has 21 heavy (non-hydrogen) atoms. The summed E-state index contributed by atoms with van der Waals surface area (Å²) >= 11 is 0. The molecule has 7 nitrogen and oxygen atoms in total. The van der Waals surface area contributed by atoms with E-state index in [0.717, 1.165) is 6.42 Å². The molecular formula is C14H29N3O4. The summed E-state index contributed by atoms with van der Waals surface area (Å²) in [6.45, 7) is 11.2. The summed E-state index contributed by atoms with van der Waals surface area (Å²) in [7, 11) is 0. The Labute approximate surface area is 127 Å². The zero-order valence-electron chi connectivity index (χ0n) is 13.7. The van der Waals surface area contributed by atoms with E-state index in [1.54, 1.807) is 20.8 Å². The Morgan fingerprint density at radius 1 is 1.00 bits per heavy atom. The maximum absolute atomic E-state index is 11.4. The number of nitrogens with one attached hydrogen (secondary N) is 3. The first-order valence-electron chi connectivity index (χ1n) is 7.31. The number of carbonyl (C=O) groups is 2. The van der Waals surface area contributed by atoms with Crippen molar-refractivity contribution in [2.45, 2.75) is 52.7 Å². The van der Waals surface area contributed by atoms with Crippen LogP contribution in [0.5, 0.6) is 0 Å². The molecule has 0 spiro atoms. The van der Waals surface area contributed by atoms with Crippen LogP contribution in [0.15, 0.2) is 0 Å². The van der Waals surface area contributed by atoms with Gasteiger partial charge >= 0.3 is 12.1 Å². The van der Waals surface area contributed by atoms with Gasteiger partial charge in [0.05, 0.1) is 6.10 Å².